The minimum absolute atomic E-state index is 0.114. The first kappa shape index (κ1) is 13.2. The smallest absolute Gasteiger partial charge is 0.134 e. The zero-order valence-corrected chi connectivity index (χ0v) is 10.5. The maximum absolute atomic E-state index is 9.00. The van der Waals surface area contributed by atoms with Gasteiger partial charge in [0.1, 0.15) is 16.8 Å². The molecule has 1 rings (SSSR count). The van der Waals surface area contributed by atoms with Crippen LogP contribution in [0.25, 0.3) is 0 Å². The first-order valence-corrected chi connectivity index (χ1v) is 5.98. The molecule has 0 saturated heterocycles. The lowest BCUT2D eigenvalue weighted by atomic mass is 10.3. The summed E-state index contributed by atoms with van der Waals surface area (Å²) < 4.78 is 0. The van der Waals surface area contributed by atoms with E-state index in [-0.39, 0.29) is 6.61 Å². The molecule has 0 radical (unpaired) electrons. The minimum atomic E-state index is 0.114. The number of nitrogens with zero attached hydrogens (tertiary/aromatic N) is 3. The normalized spacial score (nSPS) is 10.5. The van der Waals surface area contributed by atoms with E-state index >= 15 is 0 Å². The summed E-state index contributed by atoms with van der Waals surface area (Å²) >= 11 is 5.93. The van der Waals surface area contributed by atoms with Crippen LogP contribution in [0.3, 0.4) is 0 Å². The summed E-state index contributed by atoms with van der Waals surface area (Å²) in [5, 5.41) is 9.46. The highest BCUT2D eigenvalue weighted by atomic mass is 35.5. The second-order valence-electron chi connectivity index (χ2n) is 3.53. The fourth-order valence-corrected chi connectivity index (χ4v) is 1.70. The van der Waals surface area contributed by atoms with E-state index in [1.54, 1.807) is 6.07 Å². The fraction of sp³-hybridized carbons (Fsp3) is 0.636. The second-order valence-corrected chi connectivity index (χ2v) is 3.92. The van der Waals surface area contributed by atoms with Crippen LogP contribution in [0.1, 0.15) is 26.1 Å². The Morgan fingerprint density at radius 3 is 2.62 bits per heavy atom. The van der Waals surface area contributed by atoms with Crippen LogP contribution in [-0.4, -0.2) is 34.8 Å². The number of rotatable bonds is 6. The highest BCUT2D eigenvalue weighted by Gasteiger charge is 2.09. The second kappa shape index (κ2) is 6.66. The van der Waals surface area contributed by atoms with Gasteiger partial charge in [-0.15, -0.1) is 0 Å². The molecule has 5 heteroatoms. The number of aliphatic hydroxyl groups is 1. The number of hydrogen-bond donors (Lipinski definition) is 1. The molecule has 0 spiro atoms. The average molecular weight is 244 g/mol. The lowest BCUT2D eigenvalue weighted by Crippen LogP contribution is -2.28. The minimum Gasteiger partial charge on any atom is -0.395 e. The Morgan fingerprint density at radius 1 is 1.31 bits per heavy atom. The van der Waals surface area contributed by atoms with E-state index < -0.39 is 0 Å². The molecule has 0 unspecified atom stereocenters. The number of hydrogen-bond acceptors (Lipinski definition) is 4. The molecule has 0 aromatic carbocycles. The Labute approximate surface area is 101 Å². The zero-order chi connectivity index (χ0) is 12.0. The van der Waals surface area contributed by atoms with Crippen LogP contribution < -0.4 is 4.90 Å². The van der Waals surface area contributed by atoms with Crippen LogP contribution in [0, 0.1) is 0 Å². The van der Waals surface area contributed by atoms with Crippen LogP contribution in [0.4, 0.5) is 5.82 Å². The van der Waals surface area contributed by atoms with E-state index in [1.165, 1.54) is 0 Å². The molecule has 16 heavy (non-hydrogen) atoms. The van der Waals surface area contributed by atoms with Crippen LogP contribution in [-0.2, 0) is 6.42 Å². The van der Waals surface area contributed by atoms with Gasteiger partial charge < -0.3 is 10.0 Å². The molecule has 0 aliphatic rings. The van der Waals surface area contributed by atoms with Gasteiger partial charge in [0, 0.05) is 25.6 Å². The summed E-state index contributed by atoms with van der Waals surface area (Å²) in [7, 11) is 0. The van der Waals surface area contributed by atoms with Gasteiger partial charge in [-0.05, 0) is 6.42 Å². The Morgan fingerprint density at radius 2 is 2.06 bits per heavy atom. The van der Waals surface area contributed by atoms with Gasteiger partial charge in [-0.2, -0.15) is 0 Å². The molecular formula is C11H18ClN3O. The summed E-state index contributed by atoms with van der Waals surface area (Å²) in [6, 6.07) is 1.74. The fourth-order valence-electron chi connectivity index (χ4n) is 1.50. The highest BCUT2D eigenvalue weighted by molar-refractivity contribution is 6.29. The third-order valence-electron chi connectivity index (χ3n) is 2.23. The van der Waals surface area contributed by atoms with Crippen LogP contribution in [0.5, 0.6) is 0 Å². The molecular weight excluding hydrogens is 226 g/mol. The van der Waals surface area contributed by atoms with Gasteiger partial charge in [0.25, 0.3) is 0 Å². The Hall–Kier alpha value is -0.870. The Bertz CT molecular complexity index is 327. The largest absolute Gasteiger partial charge is 0.395 e. The molecule has 0 fully saturated rings. The van der Waals surface area contributed by atoms with Crippen molar-refractivity contribution in [3.05, 3.63) is 17.0 Å². The van der Waals surface area contributed by atoms with Gasteiger partial charge in [0.15, 0.2) is 0 Å². The van der Waals surface area contributed by atoms with E-state index in [1.807, 2.05) is 11.8 Å². The Balaban J connectivity index is 2.93. The molecule has 1 aromatic heterocycles. The Kier molecular flexibility index (Phi) is 5.49. The molecule has 0 aliphatic carbocycles. The molecule has 90 valence electrons. The van der Waals surface area contributed by atoms with Crippen molar-refractivity contribution in [1.82, 2.24) is 9.97 Å². The summed E-state index contributed by atoms with van der Waals surface area (Å²) in [5.41, 5.74) is 0. The third kappa shape index (κ3) is 3.61. The summed E-state index contributed by atoms with van der Waals surface area (Å²) in [6.45, 7) is 5.63. The molecule has 1 aromatic rings. The van der Waals surface area contributed by atoms with Crippen molar-refractivity contribution in [1.29, 1.82) is 0 Å². The van der Waals surface area contributed by atoms with E-state index in [4.69, 9.17) is 16.7 Å². The number of anilines is 1. The van der Waals surface area contributed by atoms with E-state index in [9.17, 15) is 0 Å². The number of aryl methyl sites for hydroxylation is 1. The van der Waals surface area contributed by atoms with Gasteiger partial charge >= 0.3 is 0 Å². The lowest BCUT2D eigenvalue weighted by molar-refractivity contribution is 0.301. The highest BCUT2D eigenvalue weighted by Crippen LogP contribution is 2.16. The van der Waals surface area contributed by atoms with Crippen LogP contribution in [0.2, 0.25) is 5.15 Å². The first-order valence-electron chi connectivity index (χ1n) is 5.60. The molecule has 1 heterocycles. The van der Waals surface area contributed by atoms with Gasteiger partial charge in [-0.25, -0.2) is 9.97 Å². The first-order chi connectivity index (χ1) is 7.71. The van der Waals surface area contributed by atoms with E-state index in [0.717, 1.165) is 31.0 Å². The van der Waals surface area contributed by atoms with Crippen molar-refractivity contribution in [2.45, 2.75) is 26.7 Å². The monoisotopic (exact) mass is 243 g/mol. The van der Waals surface area contributed by atoms with E-state index in [2.05, 4.69) is 16.9 Å². The predicted molar refractivity (Wildman–Crippen MR) is 66.0 cm³/mol. The molecule has 0 bridgehead atoms. The topological polar surface area (TPSA) is 49.2 Å². The molecule has 4 nitrogen and oxygen atoms in total. The maximum atomic E-state index is 9.00. The van der Waals surface area contributed by atoms with Gasteiger partial charge in [0.2, 0.25) is 0 Å². The van der Waals surface area contributed by atoms with Crippen molar-refractivity contribution in [3.63, 3.8) is 0 Å². The summed E-state index contributed by atoms with van der Waals surface area (Å²) in [5.74, 6) is 1.54. The van der Waals surface area contributed by atoms with E-state index in [0.29, 0.717) is 11.7 Å². The maximum Gasteiger partial charge on any atom is 0.134 e. The van der Waals surface area contributed by atoms with Crippen molar-refractivity contribution in [2.24, 2.45) is 0 Å². The lowest BCUT2D eigenvalue weighted by Gasteiger charge is -2.22. The molecule has 0 aliphatic heterocycles. The van der Waals surface area contributed by atoms with Gasteiger partial charge in [-0.3, -0.25) is 0 Å². The van der Waals surface area contributed by atoms with Crippen LogP contribution >= 0.6 is 11.6 Å². The molecule has 0 atom stereocenters. The molecule has 1 N–H and O–H groups in total. The predicted octanol–water partition coefficient (Wildman–Crippen LogP) is 1.90. The third-order valence-corrected chi connectivity index (χ3v) is 2.42. The number of halogens is 1. The van der Waals surface area contributed by atoms with Crippen LogP contribution in [0.15, 0.2) is 6.07 Å². The average Bonchev–Trinajstić information content (AvgIpc) is 2.28. The van der Waals surface area contributed by atoms with Crippen molar-refractivity contribution in [2.75, 3.05) is 24.6 Å². The number of aromatic nitrogens is 2. The van der Waals surface area contributed by atoms with Crippen molar-refractivity contribution in [3.8, 4) is 0 Å². The molecule has 0 amide bonds. The van der Waals surface area contributed by atoms with Crippen molar-refractivity contribution < 1.29 is 5.11 Å². The number of aliphatic hydroxyl groups excluding tert-OH is 1. The quantitative estimate of drug-likeness (QED) is 0.776. The summed E-state index contributed by atoms with van der Waals surface area (Å²) in [4.78, 5) is 10.5. The SMILES string of the molecule is CCCN(CCO)c1cc(Cl)nc(CC)n1. The summed E-state index contributed by atoms with van der Waals surface area (Å²) in [6.07, 6.45) is 1.76. The zero-order valence-electron chi connectivity index (χ0n) is 9.78. The van der Waals surface area contributed by atoms with Gasteiger partial charge in [0.05, 0.1) is 6.61 Å². The molecule has 0 saturated carbocycles. The van der Waals surface area contributed by atoms with Crippen molar-refractivity contribution >= 4 is 17.4 Å². The standard InChI is InChI=1S/C11H18ClN3O/c1-3-5-15(6-7-16)11-8-9(12)13-10(4-2)14-11/h8,16H,3-7H2,1-2H3. The van der Waals surface area contributed by atoms with Gasteiger partial charge in [-0.1, -0.05) is 25.4 Å².